The van der Waals surface area contributed by atoms with E-state index in [9.17, 15) is 24.3 Å². The van der Waals surface area contributed by atoms with Crippen molar-refractivity contribution in [3.8, 4) is 0 Å². The molecule has 38 heavy (non-hydrogen) atoms. The molecule has 0 bridgehead atoms. The lowest BCUT2D eigenvalue weighted by Crippen LogP contribution is -2.57. The summed E-state index contributed by atoms with van der Waals surface area (Å²) in [6, 6.07) is 5.13. The van der Waals surface area contributed by atoms with E-state index in [-0.39, 0.29) is 18.8 Å². The highest BCUT2D eigenvalue weighted by molar-refractivity contribution is 5.94. The Bertz CT molecular complexity index is 867. The number of hydrogen-bond acceptors (Lipinski definition) is 7. The van der Waals surface area contributed by atoms with Crippen molar-refractivity contribution in [3.05, 3.63) is 35.9 Å². The van der Waals surface area contributed by atoms with Crippen LogP contribution in [0, 0.1) is 5.92 Å². The highest BCUT2D eigenvalue weighted by atomic mass is 16.4. The van der Waals surface area contributed by atoms with Crippen molar-refractivity contribution < 1.29 is 24.3 Å². The Hall–Kier alpha value is -3.02. The fourth-order valence-corrected chi connectivity index (χ4v) is 3.98. The number of carboxylic acid groups (broad SMARTS) is 1. The second-order valence-corrected chi connectivity index (χ2v) is 10.0. The second-order valence-electron chi connectivity index (χ2n) is 10.0. The zero-order chi connectivity index (χ0) is 28.5. The van der Waals surface area contributed by atoms with Crippen LogP contribution < -0.4 is 33.2 Å². The number of carboxylic acids is 1. The first-order chi connectivity index (χ1) is 18.1. The Morgan fingerprint density at radius 2 is 1.29 bits per heavy atom. The lowest BCUT2D eigenvalue weighted by Gasteiger charge is -2.26. The molecule has 1 rings (SSSR count). The minimum absolute atomic E-state index is 0.0753. The number of carbonyl (C=O) groups excluding carboxylic acids is 3. The maximum atomic E-state index is 13.3. The van der Waals surface area contributed by atoms with Crippen molar-refractivity contribution in [1.29, 1.82) is 0 Å². The van der Waals surface area contributed by atoms with Gasteiger partial charge in [0.25, 0.3) is 0 Å². The molecule has 0 aromatic heterocycles. The van der Waals surface area contributed by atoms with E-state index in [0.717, 1.165) is 12.0 Å². The fourth-order valence-electron chi connectivity index (χ4n) is 3.98. The SMILES string of the molecule is CC(C)CC(NC(=O)C(N)CCCCN)C(=O)NC(CCCCN)C(=O)NC(Cc1ccccc1)C(=O)O. The summed E-state index contributed by atoms with van der Waals surface area (Å²) in [5, 5.41) is 17.7. The van der Waals surface area contributed by atoms with E-state index in [2.05, 4.69) is 16.0 Å². The molecular formula is C27H46N6O5. The third-order valence-corrected chi connectivity index (χ3v) is 6.12. The summed E-state index contributed by atoms with van der Waals surface area (Å²) < 4.78 is 0. The molecule has 4 unspecified atom stereocenters. The molecule has 0 saturated carbocycles. The van der Waals surface area contributed by atoms with E-state index in [1.54, 1.807) is 24.3 Å². The number of unbranched alkanes of at least 4 members (excludes halogenated alkanes) is 2. The molecule has 10 N–H and O–H groups in total. The van der Waals surface area contributed by atoms with Crippen LogP contribution in [0.15, 0.2) is 30.3 Å². The lowest BCUT2D eigenvalue weighted by molar-refractivity contribution is -0.142. The summed E-state index contributed by atoms with van der Waals surface area (Å²) in [7, 11) is 0. The number of benzene rings is 1. The molecule has 0 radical (unpaired) electrons. The van der Waals surface area contributed by atoms with E-state index >= 15 is 0 Å². The first kappa shape index (κ1) is 33.0. The van der Waals surface area contributed by atoms with Crippen LogP contribution in [0.1, 0.15) is 64.4 Å². The Morgan fingerprint density at radius 3 is 1.84 bits per heavy atom. The van der Waals surface area contributed by atoms with Crippen molar-refractivity contribution >= 4 is 23.7 Å². The molecule has 1 aromatic carbocycles. The van der Waals surface area contributed by atoms with Gasteiger partial charge in [-0.25, -0.2) is 4.79 Å². The monoisotopic (exact) mass is 534 g/mol. The molecule has 214 valence electrons. The van der Waals surface area contributed by atoms with Crippen LogP contribution in [0.25, 0.3) is 0 Å². The van der Waals surface area contributed by atoms with Crippen LogP contribution in [0.5, 0.6) is 0 Å². The summed E-state index contributed by atoms with van der Waals surface area (Å²) in [4.78, 5) is 50.9. The van der Waals surface area contributed by atoms with Crippen LogP contribution in [0.3, 0.4) is 0 Å². The smallest absolute Gasteiger partial charge is 0.326 e. The van der Waals surface area contributed by atoms with Gasteiger partial charge < -0.3 is 38.3 Å². The Balaban J connectivity index is 2.97. The third-order valence-electron chi connectivity index (χ3n) is 6.12. The van der Waals surface area contributed by atoms with Crippen LogP contribution in [0.4, 0.5) is 0 Å². The molecule has 0 heterocycles. The minimum atomic E-state index is -1.18. The predicted octanol–water partition coefficient (Wildman–Crippen LogP) is 0.400. The average molecular weight is 535 g/mol. The molecule has 0 aliphatic carbocycles. The zero-order valence-corrected chi connectivity index (χ0v) is 22.7. The van der Waals surface area contributed by atoms with Gasteiger partial charge in [-0.15, -0.1) is 0 Å². The summed E-state index contributed by atoms with van der Waals surface area (Å²) in [5.74, 6) is -2.68. The van der Waals surface area contributed by atoms with Crippen LogP contribution in [-0.2, 0) is 25.6 Å². The number of nitrogens with two attached hydrogens (primary N) is 3. The maximum absolute atomic E-state index is 13.3. The van der Waals surface area contributed by atoms with E-state index in [1.807, 2.05) is 19.9 Å². The normalized spacial score (nSPS) is 14.3. The van der Waals surface area contributed by atoms with Crippen molar-refractivity contribution in [2.45, 2.75) is 89.4 Å². The minimum Gasteiger partial charge on any atom is -0.480 e. The van der Waals surface area contributed by atoms with E-state index in [0.29, 0.717) is 45.2 Å². The molecule has 0 saturated heterocycles. The van der Waals surface area contributed by atoms with Gasteiger partial charge in [0.05, 0.1) is 6.04 Å². The van der Waals surface area contributed by atoms with Gasteiger partial charge in [-0.3, -0.25) is 14.4 Å². The summed E-state index contributed by atoms with van der Waals surface area (Å²) >= 11 is 0. The molecule has 4 atom stereocenters. The van der Waals surface area contributed by atoms with Gasteiger partial charge in [0, 0.05) is 6.42 Å². The number of rotatable bonds is 19. The Morgan fingerprint density at radius 1 is 0.763 bits per heavy atom. The van der Waals surface area contributed by atoms with Gasteiger partial charge in [0.15, 0.2) is 0 Å². The first-order valence-corrected chi connectivity index (χ1v) is 13.4. The van der Waals surface area contributed by atoms with Gasteiger partial charge in [0.2, 0.25) is 17.7 Å². The largest absolute Gasteiger partial charge is 0.480 e. The van der Waals surface area contributed by atoms with Gasteiger partial charge in [0.1, 0.15) is 18.1 Å². The molecule has 0 aliphatic rings. The van der Waals surface area contributed by atoms with Crippen molar-refractivity contribution in [2.75, 3.05) is 13.1 Å². The zero-order valence-electron chi connectivity index (χ0n) is 22.7. The molecular weight excluding hydrogens is 488 g/mol. The molecule has 0 fully saturated rings. The van der Waals surface area contributed by atoms with E-state index < -0.39 is 47.9 Å². The van der Waals surface area contributed by atoms with Gasteiger partial charge in [-0.2, -0.15) is 0 Å². The molecule has 0 spiro atoms. The highest BCUT2D eigenvalue weighted by Gasteiger charge is 2.30. The van der Waals surface area contributed by atoms with E-state index in [1.165, 1.54) is 0 Å². The number of amides is 3. The number of nitrogens with one attached hydrogen (secondary N) is 3. The molecule has 1 aromatic rings. The van der Waals surface area contributed by atoms with Crippen LogP contribution >= 0.6 is 0 Å². The highest BCUT2D eigenvalue weighted by Crippen LogP contribution is 2.10. The standard InChI is InChI=1S/C27H46N6O5/c1-18(2)16-22(32-24(34)20(30)12-6-8-14-28)26(36)31-21(13-7-9-15-29)25(35)33-23(27(37)38)17-19-10-4-3-5-11-19/h3-5,10-11,18,20-23H,6-9,12-17,28-30H2,1-2H3,(H,31,36)(H,32,34)(H,33,35)(H,37,38). The predicted molar refractivity (Wildman–Crippen MR) is 147 cm³/mol. The Labute approximate surface area is 225 Å². The summed E-state index contributed by atoms with van der Waals surface area (Å²) in [5.41, 5.74) is 17.8. The van der Waals surface area contributed by atoms with Crippen LogP contribution in [0.2, 0.25) is 0 Å². The Kier molecular flexibility index (Phi) is 15.9. The third kappa shape index (κ3) is 13.0. The number of hydrogen-bond donors (Lipinski definition) is 7. The molecule has 3 amide bonds. The van der Waals surface area contributed by atoms with Gasteiger partial charge in [-0.05, 0) is 63.1 Å². The summed E-state index contributed by atoms with van der Waals surface area (Å²) in [6.07, 6.45) is 3.79. The number of aliphatic carboxylic acids is 1. The average Bonchev–Trinajstić information content (AvgIpc) is 2.87. The quantitative estimate of drug-likeness (QED) is 0.123. The van der Waals surface area contributed by atoms with Gasteiger partial charge >= 0.3 is 5.97 Å². The maximum Gasteiger partial charge on any atom is 0.326 e. The summed E-state index contributed by atoms with van der Waals surface area (Å²) in [6.45, 7) is 4.76. The second kappa shape index (κ2) is 18.3. The topological polar surface area (TPSA) is 203 Å². The number of carbonyl (C=O) groups is 4. The first-order valence-electron chi connectivity index (χ1n) is 13.4. The van der Waals surface area contributed by atoms with Crippen molar-refractivity contribution in [1.82, 2.24) is 16.0 Å². The van der Waals surface area contributed by atoms with Crippen LogP contribution in [-0.4, -0.2) is 66.1 Å². The molecule has 11 heteroatoms. The molecule has 11 nitrogen and oxygen atoms in total. The van der Waals surface area contributed by atoms with Crippen molar-refractivity contribution in [2.24, 2.45) is 23.1 Å². The van der Waals surface area contributed by atoms with Crippen molar-refractivity contribution in [3.63, 3.8) is 0 Å². The lowest BCUT2D eigenvalue weighted by atomic mass is 10.0. The molecule has 0 aliphatic heterocycles. The van der Waals surface area contributed by atoms with E-state index in [4.69, 9.17) is 17.2 Å². The fraction of sp³-hybridized carbons (Fsp3) is 0.630. The van der Waals surface area contributed by atoms with Gasteiger partial charge in [-0.1, -0.05) is 50.6 Å².